The van der Waals surface area contributed by atoms with Crippen molar-refractivity contribution >= 4 is 0 Å². The highest BCUT2D eigenvalue weighted by Crippen LogP contribution is 2.27. The zero-order valence-corrected chi connectivity index (χ0v) is 7.79. The number of phenols is 1. The van der Waals surface area contributed by atoms with Crippen LogP contribution < -0.4 is 5.73 Å². The summed E-state index contributed by atoms with van der Waals surface area (Å²) in [6.45, 7) is 3.90. The molecule has 1 rings (SSSR count). The molecule has 3 heteroatoms. The molecule has 0 amide bonds. The molecule has 0 aliphatic heterocycles. The fraction of sp³-hybridized carbons (Fsp3) is 0.400. The quantitative estimate of drug-likeness (QED) is 0.738. The lowest BCUT2D eigenvalue weighted by atomic mass is 9.96. The third-order valence-corrected chi connectivity index (χ3v) is 2.07. The minimum atomic E-state index is -0.447. The molecule has 2 nitrogen and oxygen atoms in total. The van der Waals surface area contributed by atoms with Gasteiger partial charge in [0.15, 0.2) is 0 Å². The number of hydrogen-bond acceptors (Lipinski definition) is 2. The van der Waals surface area contributed by atoms with Gasteiger partial charge in [0.25, 0.3) is 0 Å². The van der Waals surface area contributed by atoms with Crippen molar-refractivity contribution in [2.75, 3.05) is 0 Å². The average Bonchev–Trinajstić information content (AvgIpc) is 2.03. The maximum atomic E-state index is 12.6. The molecule has 0 aliphatic rings. The molecular weight excluding hydrogens is 169 g/mol. The molecule has 72 valence electrons. The second-order valence-corrected chi connectivity index (χ2v) is 3.47. The van der Waals surface area contributed by atoms with Crippen LogP contribution in [0.2, 0.25) is 0 Å². The number of aromatic hydroxyl groups is 1. The summed E-state index contributed by atoms with van der Waals surface area (Å²) in [6.07, 6.45) is 0. The van der Waals surface area contributed by atoms with Crippen molar-refractivity contribution in [1.82, 2.24) is 0 Å². The average molecular weight is 183 g/mol. The van der Waals surface area contributed by atoms with E-state index in [1.807, 2.05) is 13.8 Å². The third-order valence-electron chi connectivity index (χ3n) is 2.07. The molecule has 0 saturated heterocycles. The minimum absolute atomic E-state index is 0.0683. The van der Waals surface area contributed by atoms with Crippen LogP contribution >= 0.6 is 0 Å². The fourth-order valence-electron chi connectivity index (χ4n) is 1.16. The molecular formula is C10H14FNO. The molecule has 0 heterocycles. The predicted molar refractivity (Wildman–Crippen MR) is 49.8 cm³/mol. The summed E-state index contributed by atoms with van der Waals surface area (Å²) in [6, 6.07) is 3.66. The third kappa shape index (κ3) is 2.18. The number of nitrogens with two attached hydrogens (primary N) is 1. The topological polar surface area (TPSA) is 46.2 Å². The van der Waals surface area contributed by atoms with Gasteiger partial charge in [-0.2, -0.15) is 0 Å². The van der Waals surface area contributed by atoms with Crippen LogP contribution in [0, 0.1) is 11.7 Å². The molecule has 13 heavy (non-hydrogen) atoms. The first kappa shape index (κ1) is 9.99. The summed E-state index contributed by atoms with van der Waals surface area (Å²) in [5.74, 6) is -0.297. The Morgan fingerprint density at radius 1 is 1.38 bits per heavy atom. The highest BCUT2D eigenvalue weighted by molar-refractivity contribution is 5.35. The molecule has 1 atom stereocenters. The van der Waals surface area contributed by atoms with Gasteiger partial charge in [0, 0.05) is 17.7 Å². The lowest BCUT2D eigenvalue weighted by Gasteiger charge is -2.16. The van der Waals surface area contributed by atoms with Gasteiger partial charge in [0.05, 0.1) is 0 Å². The second kappa shape index (κ2) is 3.75. The van der Waals surface area contributed by atoms with Gasteiger partial charge in [-0.3, -0.25) is 0 Å². The summed E-state index contributed by atoms with van der Waals surface area (Å²) >= 11 is 0. The van der Waals surface area contributed by atoms with E-state index in [9.17, 15) is 9.50 Å². The van der Waals surface area contributed by atoms with Crippen LogP contribution in [0.1, 0.15) is 25.5 Å². The van der Waals surface area contributed by atoms with Gasteiger partial charge in [-0.25, -0.2) is 4.39 Å². The lowest BCUT2D eigenvalue weighted by Crippen LogP contribution is -2.16. The van der Waals surface area contributed by atoms with E-state index >= 15 is 0 Å². The molecule has 0 spiro atoms. The fourth-order valence-corrected chi connectivity index (χ4v) is 1.16. The van der Waals surface area contributed by atoms with E-state index in [1.165, 1.54) is 12.1 Å². The summed E-state index contributed by atoms with van der Waals surface area (Å²) in [5.41, 5.74) is 6.40. The number of hydrogen-bond donors (Lipinski definition) is 2. The zero-order valence-electron chi connectivity index (χ0n) is 7.79. The Bertz CT molecular complexity index is 299. The number of phenolic OH excluding ortho intramolecular Hbond substituents is 1. The maximum Gasteiger partial charge on any atom is 0.126 e. The van der Waals surface area contributed by atoms with E-state index in [-0.39, 0.29) is 17.7 Å². The molecule has 0 unspecified atom stereocenters. The van der Waals surface area contributed by atoms with E-state index in [2.05, 4.69) is 0 Å². The predicted octanol–water partition coefficient (Wildman–Crippen LogP) is 2.19. The highest BCUT2D eigenvalue weighted by Gasteiger charge is 2.14. The number of rotatable bonds is 2. The largest absolute Gasteiger partial charge is 0.508 e. The van der Waals surface area contributed by atoms with Crippen LogP contribution in [0.25, 0.3) is 0 Å². The SMILES string of the molecule is CC(C)[C@@H](N)c1ccc(F)cc1O. The van der Waals surface area contributed by atoms with Crippen LogP contribution in [0.15, 0.2) is 18.2 Å². The van der Waals surface area contributed by atoms with E-state index < -0.39 is 5.82 Å². The van der Waals surface area contributed by atoms with Gasteiger partial charge in [-0.15, -0.1) is 0 Å². The first-order valence-corrected chi connectivity index (χ1v) is 4.26. The molecule has 0 fully saturated rings. The molecule has 0 radical (unpaired) electrons. The van der Waals surface area contributed by atoms with E-state index in [1.54, 1.807) is 0 Å². The Hall–Kier alpha value is -1.09. The number of halogens is 1. The van der Waals surface area contributed by atoms with Gasteiger partial charge < -0.3 is 10.8 Å². The van der Waals surface area contributed by atoms with Crippen molar-refractivity contribution in [2.24, 2.45) is 11.7 Å². The lowest BCUT2D eigenvalue weighted by molar-refractivity contribution is 0.435. The monoisotopic (exact) mass is 183 g/mol. The normalized spacial score (nSPS) is 13.3. The standard InChI is InChI=1S/C10H14FNO/c1-6(2)10(12)8-4-3-7(11)5-9(8)13/h3-6,10,13H,12H2,1-2H3/t10-/m1/s1. The first-order valence-electron chi connectivity index (χ1n) is 4.26. The smallest absolute Gasteiger partial charge is 0.126 e. The molecule has 0 bridgehead atoms. The van der Waals surface area contributed by atoms with E-state index in [0.29, 0.717) is 5.56 Å². The van der Waals surface area contributed by atoms with Crippen LogP contribution in [0.5, 0.6) is 5.75 Å². The number of benzene rings is 1. The van der Waals surface area contributed by atoms with Gasteiger partial charge in [-0.05, 0) is 12.0 Å². The summed E-state index contributed by atoms with van der Waals surface area (Å²) < 4.78 is 12.6. The minimum Gasteiger partial charge on any atom is -0.508 e. The van der Waals surface area contributed by atoms with Crippen molar-refractivity contribution in [1.29, 1.82) is 0 Å². The molecule has 1 aromatic carbocycles. The van der Waals surface area contributed by atoms with E-state index in [0.717, 1.165) is 6.07 Å². The van der Waals surface area contributed by atoms with Crippen LogP contribution in [0.4, 0.5) is 4.39 Å². The summed E-state index contributed by atoms with van der Waals surface area (Å²) in [4.78, 5) is 0. The molecule has 1 aromatic rings. The second-order valence-electron chi connectivity index (χ2n) is 3.47. The van der Waals surface area contributed by atoms with Crippen LogP contribution in [-0.4, -0.2) is 5.11 Å². The summed E-state index contributed by atoms with van der Waals surface area (Å²) in [7, 11) is 0. The van der Waals surface area contributed by atoms with Crippen molar-refractivity contribution in [3.05, 3.63) is 29.6 Å². The Kier molecular flexibility index (Phi) is 2.88. The Labute approximate surface area is 77.2 Å². The Morgan fingerprint density at radius 3 is 2.46 bits per heavy atom. The molecule has 0 aliphatic carbocycles. The molecule has 3 N–H and O–H groups in total. The van der Waals surface area contributed by atoms with Crippen molar-refractivity contribution in [2.45, 2.75) is 19.9 Å². The molecule has 0 aromatic heterocycles. The molecule has 0 saturated carbocycles. The van der Waals surface area contributed by atoms with Crippen molar-refractivity contribution < 1.29 is 9.50 Å². The summed E-state index contributed by atoms with van der Waals surface area (Å²) in [5, 5.41) is 9.39. The maximum absolute atomic E-state index is 12.6. The van der Waals surface area contributed by atoms with Crippen molar-refractivity contribution in [3.8, 4) is 5.75 Å². The van der Waals surface area contributed by atoms with E-state index in [4.69, 9.17) is 5.73 Å². The Balaban J connectivity index is 3.01. The van der Waals surface area contributed by atoms with Crippen LogP contribution in [0.3, 0.4) is 0 Å². The first-order chi connectivity index (χ1) is 6.02. The van der Waals surface area contributed by atoms with Crippen molar-refractivity contribution in [3.63, 3.8) is 0 Å². The van der Waals surface area contributed by atoms with Gasteiger partial charge in [0.1, 0.15) is 11.6 Å². The van der Waals surface area contributed by atoms with Gasteiger partial charge in [0.2, 0.25) is 0 Å². The van der Waals surface area contributed by atoms with Gasteiger partial charge >= 0.3 is 0 Å². The highest BCUT2D eigenvalue weighted by atomic mass is 19.1. The Morgan fingerprint density at radius 2 is 2.00 bits per heavy atom. The van der Waals surface area contributed by atoms with Crippen LogP contribution in [-0.2, 0) is 0 Å². The zero-order chi connectivity index (χ0) is 10.0. The van der Waals surface area contributed by atoms with Gasteiger partial charge in [-0.1, -0.05) is 19.9 Å².